The van der Waals surface area contributed by atoms with Crippen LogP contribution in [0.3, 0.4) is 0 Å². The molecule has 4 nitrogen and oxygen atoms in total. The van der Waals surface area contributed by atoms with Gasteiger partial charge in [0.15, 0.2) is 0 Å². The van der Waals surface area contributed by atoms with E-state index in [0.29, 0.717) is 17.4 Å². The van der Waals surface area contributed by atoms with E-state index in [9.17, 15) is 5.11 Å². The van der Waals surface area contributed by atoms with E-state index in [2.05, 4.69) is 10.3 Å². The maximum absolute atomic E-state index is 9.83. The summed E-state index contributed by atoms with van der Waals surface area (Å²) in [5, 5.41) is 14.5. The Morgan fingerprint density at radius 3 is 2.75 bits per heavy atom. The van der Waals surface area contributed by atoms with Gasteiger partial charge in [-0.3, -0.25) is 0 Å². The van der Waals surface area contributed by atoms with Crippen LogP contribution in [0.5, 0.6) is 0 Å². The molecular weight excluding hydrogens is 274 g/mol. The summed E-state index contributed by atoms with van der Waals surface area (Å²) in [6, 6.07) is 7.49. The third-order valence-corrected chi connectivity index (χ3v) is 3.31. The Hall–Kier alpha value is -1.36. The maximum atomic E-state index is 9.83. The van der Waals surface area contributed by atoms with Gasteiger partial charge in [-0.1, -0.05) is 23.7 Å². The molecule has 1 aromatic carbocycles. The van der Waals surface area contributed by atoms with Crippen molar-refractivity contribution in [1.82, 2.24) is 4.98 Å². The van der Waals surface area contributed by atoms with Crippen molar-refractivity contribution in [3.05, 3.63) is 34.9 Å². The average Bonchev–Trinajstić information content (AvgIpc) is 2.35. The van der Waals surface area contributed by atoms with E-state index in [1.165, 1.54) is 0 Å². The van der Waals surface area contributed by atoms with Gasteiger partial charge < -0.3 is 16.2 Å². The molecule has 20 heavy (non-hydrogen) atoms. The van der Waals surface area contributed by atoms with Crippen molar-refractivity contribution in [1.29, 1.82) is 0 Å². The third kappa shape index (κ3) is 3.39. The second-order valence-corrected chi connectivity index (χ2v) is 6.10. The molecule has 1 unspecified atom stereocenters. The van der Waals surface area contributed by atoms with Gasteiger partial charge in [0.2, 0.25) is 0 Å². The molecule has 5 heteroatoms. The van der Waals surface area contributed by atoms with Crippen molar-refractivity contribution in [3.8, 4) is 0 Å². The summed E-state index contributed by atoms with van der Waals surface area (Å²) in [5.74, 6) is 0.669. The van der Waals surface area contributed by atoms with Crippen molar-refractivity contribution in [3.63, 3.8) is 0 Å². The highest BCUT2D eigenvalue weighted by atomic mass is 35.5. The van der Waals surface area contributed by atoms with E-state index in [0.717, 1.165) is 16.5 Å². The number of aliphatic hydroxyl groups is 1. The van der Waals surface area contributed by atoms with Gasteiger partial charge in [-0.05, 0) is 32.9 Å². The van der Waals surface area contributed by atoms with Crippen LogP contribution in [0.2, 0.25) is 5.02 Å². The third-order valence-electron chi connectivity index (χ3n) is 3.01. The molecule has 0 aliphatic heterocycles. The highest BCUT2D eigenvalue weighted by Gasteiger charge is 2.16. The molecule has 108 valence electrons. The predicted octanol–water partition coefficient (Wildman–Crippen LogP) is 3.09. The molecule has 1 aromatic heterocycles. The van der Waals surface area contributed by atoms with Crippen LogP contribution in [0.25, 0.3) is 10.9 Å². The van der Waals surface area contributed by atoms with Crippen LogP contribution in [-0.2, 0) is 0 Å². The topological polar surface area (TPSA) is 71.2 Å². The molecule has 2 aromatic rings. The number of hydrogen-bond acceptors (Lipinski definition) is 4. The molecule has 0 radical (unpaired) electrons. The van der Waals surface area contributed by atoms with Crippen molar-refractivity contribution >= 4 is 28.3 Å². The summed E-state index contributed by atoms with van der Waals surface area (Å²) < 4.78 is 0. The van der Waals surface area contributed by atoms with Gasteiger partial charge in [-0.25, -0.2) is 4.98 Å². The number of hydrogen-bond donors (Lipinski definition) is 3. The van der Waals surface area contributed by atoms with Gasteiger partial charge in [0, 0.05) is 23.5 Å². The fourth-order valence-corrected chi connectivity index (χ4v) is 2.19. The highest BCUT2D eigenvalue weighted by Crippen LogP contribution is 2.28. The number of benzene rings is 1. The zero-order valence-corrected chi connectivity index (χ0v) is 12.7. The Morgan fingerprint density at radius 2 is 2.15 bits per heavy atom. The predicted molar refractivity (Wildman–Crippen MR) is 84.1 cm³/mol. The van der Waals surface area contributed by atoms with Crippen LogP contribution in [0, 0.1) is 0 Å². The molecule has 4 N–H and O–H groups in total. The Kier molecular flexibility index (Phi) is 4.18. The van der Waals surface area contributed by atoms with Crippen molar-refractivity contribution in [2.24, 2.45) is 5.73 Å². The number of para-hydroxylation sites is 1. The van der Waals surface area contributed by atoms with E-state index >= 15 is 0 Å². The zero-order valence-electron chi connectivity index (χ0n) is 11.9. The Bertz CT molecular complexity index is 620. The van der Waals surface area contributed by atoms with Crippen LogP contribution in [0.15, 0.2) is 24.3 Å². The number of fused-ring (bicyclic) bond motifs is 1. The first-order chi connectivity index (χ1) is 9.28. The average molecular weight is 294 g/mol. The molecule has 0 saturated carbocycles. The smallest absolute Gasteiger partial charge is 0.131 e. The van der Waals surface area contributed by atoms with Crippen LogP contribution >= 0.6 is 11.6 Å². The molecule has 0 bridgehead atoms. The minimum absolute atomic E-state index is 0.157. The number of nitrogens with zero attached hydrogens (tertiary/aromatic N) is 1. The van der Waals surface area contributed by atoms with Crippen LogP contribution in [0.4, 0.5) is 5.82 Å². The number of nitrogens with one attached hydrogen (secondary N) is 1. The summed E-state index contributed by atoms with van der Waals surface area (Å²) >= 11 is 6.18. The molecule has 0 aliphatic rings. The largest absolute Gasteiger partial charge is 0.389 e. The quantitative estimate of drug-likeness (QED) is 0.810. The van der Waals surface area contributed by atoms with Gasteiger partial charge >= 0.3 is 0 Å². The minimum atomic E-state index is -0.827. The Labute approximate surface area is 124 Å². The van der Waals surface area contributed by atoms with Crippen molar-refractivity contribution in [2.75, 3.05) is 11.9 Å². The molecule has 0 fully saturated rings. The number of rotatable bonds is 4. The normalized spacial score (nSPS) is 13.5. The maximum Gasteiger partial charge on any atom is 0.131 e. The van der Waals surface area contributed by atoms with Gasteiger partial charge in [0.25, 0.3) is 0 Å². The fourth-order valence-electron chi connectivity index (χ4n) is 1.97. The minimum Gasteiger partial charge on any atom is -0.389 e. The molecule has 1 heterocycles. The summed E-state index contributed by atoms with van der Waals surface area (Å²) in [5.41, 5.74) is 6.82. The van der Waals surface area contributed by atoms with E-state index in [-0.39, 0.29) is 6.04 Å². The van der Waals surface area contributed by atoms with Crippen molar-refractivity contribution in [2.45, 2.75) is 32.4 Å². The highest BCUT2D eigenvalue weighted by molar-refractivity contribution is 6.35. The van der Waals surface area contributed by atoms with E-state index in [1.807, 2.05) is 31.2 Å². The number of pyridine rings is 1. The fraction of sp³-hybridized carbons (Fsp3) is 0.400. The lowest BCUT2D eigenvalue weighted by molar-refractivity contribution is 0.0944. The Balaban J connectivity index is 2.49. The van der Waals surface area contributed by atoms with E-state index in [1.54, 1.807) is 13.8 Å². The lowest BCUT2D eigenvalue weighted by atomic mass is 10.1. The second-order valence-electron chi connectivity index (χ2n) is 5.69. The van der Waals surface area contributed by atoms with Crippen LogP contribution in [0.1, 0.15) is 32.4 Å². The van der Waals surface area contributed by atoms with Crippen molar-refractivity contribution < 1.29 is 5.11 Å². The molecule has 2 rings (SSSR count). The zero-order chi connectivity index (χ0) is 14.9. The van der Waals surface area contributed by atoms with Gasteiger partial charge in [-0.15, -0.1) is 0 Å². The van der Waals surface area contributed by atoms with Crippen LogP contribution < -0.4 is 11.1 Å². The second kappa shape index (κ2) is 5.56. The summed E-state index contributed by atoms with van der Waals surface area (Å²) in [6.07, 6.45) is 0. The molecule has 0 spiro atoms. The lowest BCUT2D eigenvalue weighted by Gasteiger charge is -2.21. The first kappa shape index (κ1) is 15.0. The van der Waals surface area contributed by atoms with Gasteiger partial charge in [0.1, 0.15) is 5.82 Å². The molecule has 1 atom stereocenters. The lowest BCUT2D eigenvalue weighted by Crippen LogP contribution is -2.30. The van der Waals surface area contributed by atoms with Gasteiger partial charge in [-0.2, -0.15) is 0 Å². The number of anilines is 1. The van der Waals surface area contributed by atoms with E-state index < -0.39 is 5.60 Å². The van der Waals surface area contributed by atoms with Gasteiger partial charge in [0.05, 0.1) is 16.1 Å². The number of halogens is 1. The summed E-state index contributed by atoms with van der Waals surface area (Å²) in [6.45, 7) is 5.76. The number of aromatic nitrogens is 1. The van der Waals surface area contributed by atoms with E-state index in [4.69, 9.17) is 17.3 Å². The summed E-state index contributed by atoms with van der Waals surface area (Å²) in [7, 11) is 0. The molecule has 0 aliphatic carbocycles. The standard InChI is InChI=1S/C15H20ClN3O/c1-9(17)11-7-10-5-4-6-12(16)13(10)19-14(11)18-8-15(2,3)20/h4-7,9,20H,8,17H2,1-3H3,(H,18,19). The molecule has 0 amide bonds. The molecular formula is C15H20ClN3O. The number of nitrogens with two attached hydrogens (primary N) is 1. The van der Waals surface area contributed by atoms with Crippen LogP contribution in [-0.4, -0.2) is 22.2 Å². The SMILES string of the molecule is CC(N)c1cc2cccc(Cl)c2nc1NCC(C)(C)O. The molecule has 0 saturated heterocycles. The Morgan fingerprint density at radius 1 is 1.45 bits per heavy atom. The first-order valence-electron chi connectivity index (χ1n) is 6.59. The summed E-state index contributed by atoms with van der Waals surface area (Å²) in [4.78, 5) is 4.56. The monoisotopic (exact) mass is 293 g/mol. The first-order valence-corrected chi connectivity index (χ1v) is 6.97.